The standard InChI is InChI=1S/C9H11N.H2/c1-7-6-8-4-2-3-5-9(8)10-7;/h2-6,8-10H,1H3;1H. The lowest BCUT2D eigenvalue weighted by Gasteiger charge is -2.15. The fourth-order valence-corrected chi connectivity index (χ4v) is 1.53. The molecule has 1 aliphatic heterocycles. The molecule has 0 aromatic heterocycles. The summed E-state index contributed by atoms with van der Waals surface area (Å²) in [5.74, 6) is 0.602. The molecule has 1 aliphatic carbocycles. The fraction of sp³-hybridized carbons (Fsp3) is 0.333. The van der Waals surface area contributed by atoms with Gasteiger partial charge in [0, 0.05) is 13.0 Å². The van der Waals surface area contributed by atoms with Gasteiger partial charge in [0.1, 0.15) is 0 Å². The molecule has 2 unspecified atom stereocenters. The SMILES string of the molecule is CC1=CC2C=CC=CC2N1.[HH]. The van der Waals surface area contributed by atoms with Gasteiger partial charge in [-0.25, -0.2) is 0 Å². The zero-order chi connectivity index (χ0) is 6.97. The van der Waals surface area contributed by atoms with Crippen LogP contribution >= 0.6 is 0 Å². The van der Waals surface area contributed by atoms with E-state index in [9.17, 15) is 0 Å². The van der Waals surface area contributed by atoms with Crippen molar-refractivity contribution in [1.29, 1.82) is 0 Å². The lowest BCUT2D eigenvalue weighted by molar-refractivity contribution is 0.638. The molecule has 1 heterocycles. The van der Waals surface area contributed by atoms with Gasteiger partial charge in [-0.2, -0.15) is 0 Å². The monoisotopic (exact) mass is 135 g/mol. The van der Waals surface area contributed by atoms with Crippen LogP contribution in [-0.4, -0.2) is 6.04 Å². The van der Waals surface area contributed by atoms with Crippen molar-refractivity contribution >= 4 is 0 Å². The van der Waals surface area contributed by atoms with Gasteiger partial charge in [0.25, 0.3) is 0 Å². The molecule has 0 saturated heterocycles. The van der Waals surface area contributed by atoms with Gasteiger partial charge in [-0.3, -0.25) is 0 Å². The molecule has 1 N–H and O–H groups in total. The third kappa shape index (κ3) is 0.783. The maximum Gasteiger partial charge on any atom is 0.0542 e. The molecule has 2 atom stereocenters. The highest BCUT2D eigenvalue weighted by molar-refractivity contribution is 5.28. The topological polar surface area (TPSA) is 12.0 Å². The lowest BCUT2D eigenvalue weighted by atomic mass is 9.98. The van der Waals surface area contributed by atoms with E-state index in [1.807, 2.05) is 0 Å². The molecule has 0 aromatic carbocycles. The van der Waals surface area contributed by atoms with Crippen LogP contribution in [0.2, 0.25) is 0 Å². The van der Waals surface area contributed by atoms with E-state index >= 15 is 0 Å². The molecule has 2 aliphatic rings. The minimum atomic E-state index is 0. The molecule has 0 radical (unpaired) electrons. The molecule has 1 heteroatoms. The maximum atomic E-state index is 3.38. The summed E-state index contributed by atoms with van der Waals surface area (Å²) in [6.45, 7) is 2.11. The Morgan fingerprint density at radius 1 is 1.40 bits per heavy atom. The quantitative estimate of drug-likeness (QED) is 0.534. The van der Waals surface area contributed by atoms with Crippen LogP contribution in [0.3, 0.4) is 0 Å². The Morgan fingerprint density at radius 2 is 2.20 bits per heavy atom. The molecule has 2 rings (SSSR count). The van der Waals surface area contributed by atoms with Crippen LogP contribution in [0, 0.1) is 5.92 Å². The van der Waals surface area contributed by atoms with Crippen LogP contribution in [0.15, 0.2) is 36.1 Å². The number of hydrogen-bond acceptors (Lipinski definition) is 1. The highest BCUT2D eigenvalue weighted by atomic mass is 14.9. The summed E-state index contributed by atoms with van der Waals surface area (Å²) in [7, 11) is 0. The molecule has 0 spiro atoms. The molecule has 54 valence electrons. The summed E-state index contributed by atoms with van der Waals surface area (Å²) in [6.07, 6.45) is 10.9. The largest absolute Gasteiger partial charge is 0.382 e. The summed E-state index contributed by atoms with van der Waals surface area (Å²) in [5.41, 5.74) is 1.30. The third-order valence-corrected chi connectivity index (χ3v) is 2.01. The first-order chi connectivity index (χ1) is 4.86. The number of nitrogens with one attached hydrogen (secondary N) is 1. The Labute approximate surface area is 62.6 Å². The fourth-order valence-electron chi connectivity index (χ4n) is 1.53. The van der Waals surface area contributed by atoms with Gasteiger partial charge in [-0.05, 0) is 6.92 Å². The van der Waals surface area contributed by atoms with E-state index in [1.165, 1.54) is 5.70 Å². The van der Waals surface area contributed by atoms with Crippen LogP contribution < -0.4 is 5.32 Å². The molecular formula is C9H13N. The predicted molar refractivity (Wildman–Crippen MR) is 44.6 cm³/mol. The van der Waals surface area contributed by atoms with Crippen molar-refractivity contribution in [3.05, 3.63) is 36.1 Å². The van der Waals surface area contributed by atoms with E-state index in [0.29, 0.717) is 12.0 Å². The zero-order valence-corrected chi connectivity index (χ0v) is 6.04. The third-order valence-electron chi connectivity index (χ3n) is 2.01. The van der Waals surface area contributed by atoms with E-state index in [1.54, 1.807) is 0 Å². The number of fused-ring (bicyclic) bond motifs is 1. The van der Waals surface area contributed by atoms with Gasteiger partial charge in [-0.1, -0.05) is 30.4 Å². The van der Waals surface area contributed by atoms with Crippen molar-refractivity contribution in [3.8, 4) is 0 Å². The molecule has 0 bridgehead atoms. The second-order valence-electron chi connectivity index (χ2n) is 2.87. The van der Waals surface area contributed by atoms with Crippen LogP contribution in [-0.2, 0) is 0 Å². The first-order valence-corrected chi connectivity index (χ1v) is 3.66. The molecule has 0 aromatic rings. The van der Waals surface area contributed by atoms with E-state index in [0.717, 1.165) is 0 Å². The van der Waals surface area contributed by atoms with Crippen molar-refractivity contribution in [2.75, 3.05) is 0 Å². The lowest BCUT2D eigenvalue weighted by Crippen LogP contribution is -2.25. The summed E-state index contributed by atoms with van der Waals surface area (Å²) in [6, 6.07) is 0.532. The molecular weight excluding hydrogens is 122 g/mol. The summed E-state index contributed by atoms with van der Waals surface area (Å²) < 4.78 is 0. The highest BCUT2D eigenvalue weighted by Crippen LogP contribution is 2.21. The first-order valence-electron chi connectivity index (χ1n) is 3.66. The summed E-state index contributed by atoms with van der Waals surface area (Å²) >= 11 is 0. The second kappa shape index (κ2) is 2.01. The number of rotatable bonds is 0. The normalized spacial score (nSPS) is 35.1. The van der Waals surface area contributed by atoms with Crippen molar-refractivity contribution < 1.29 is 1.43 Å². The smallest absolute Gasteiger partial charge is 0.0542 e. The number of allylic oxidation sites excluding steroid dienone is 3. The van der Waals surface area contributed by atoms with E-state index in [-0.39, 0.29) is 1.43 Å². The zero-order valence-electron chi connectivity index (χ0n) is 6.04. The molecule has 0 amide bonds. The average Bonchev–Trinajstić information content (AvgIpc) is 2.27. The van der Waals surface area contributed by atoms with Gasteiger partial charge < -0.3 is 5.32 Å². The van der Waals surface area contributed by atoms with E-state index < -0.39 is 0 Å². The maximum absolute atomic E-state index is 3.38. The van der Waals surface area contributed by atoms with Gasteiger partial charge >= 0.3 is 0 Å². The second-order valence-corrected chi connectivity index (χ2v) is 2.87. The van der Waals surface area contributed by atoms with Crippen LogP contribution in [0.25, 0.3) is 0 Å². The predicted octanol–water partition coefficient (Wildman–Crippen LogP) is 1.85. The first kappa shape index (κ1) is 5.78. The van der Waals surface area contributed by atoms with Crippen LogP contribution in [0.5, 0.6) is 0 Å². The van der Waals surface area contributed by atoms with Crippen molar-refractivity contribution in [2.24, 2.45) is 5.92 Å². The molecule has 1 nitrogen and oxygen atoms in total. The molecule has 10 heavy (non-hydrogen) atoms. The van der Waals surface area contributed by atoms with Gasteiger partial charge in [0.15, 0.2) is 0 Å². The van der Waals surface area contributed by atoms with Crippen LogP contribution in [0.4, 0.5) is 0 Å². The van der Waals surface area contributed by atoms with Crippen molar-refractivity contribution in [3.63, 3.8) is 0 Å². The minimum absolute atomic E-state index is 0. The Kier molecular flexibility index (Phi) is 1.16. The Morgan fingerprint density at radius 3 is 3.00 bits per heavy atom. The molecule has 0 saturated carbocycles. The highest BCUT2D eigenvalue weighted by Gasteiger charge is 2.21. The van der Waals surface area contributed by atoms with E-state index in [2.05, 4.69) is 42.6 Å². The molecule has 0 fully saturated rings. The van der Waals surface area contributed by atoms with Crippen LogP contribution in [0.1, 0.15) is 8.35 Å². The summed E-state index contributed by atoms with van der Waals surface area (Å²) in [5, 5.41) is 3.38. The van der Waals surface area contributed by atoms with Gasteiger partial charge in [0.05, 0.1) is 6.04 Å². The number of hydrogen-bond donors (Lipinski definition) is 1. The Bertz CT molecular complexity index is 228. The van der Waals surface area contributed by atoms with E-state index in [4.69, 9.17) is 0 Å². The van der Waals surface area contributed by atoms with Crippen molar-refractivity contribution in [1.82, 2.24) is 5.32 Å². The Hall–Kier alpha value is -0.980. The Balaban J connectivity index is 0.000000605. The van der Waals surface area contributed by atoms with Gasteiger partial charge in [0.2, 0.25) is 0 Å². The summed E-state index contributed by atoms with van der Waals surface area (Å²) in [4.78, 5) is 0. The minimum Gasteiger partial charge on any atom is -0.382 e. The van der Waals surface area contributed by atoms with Gasteiger partial charge in [-0.15, -0.1) is 0 Å². The van der Waals surface area contributed by atoms with Crippen molar-refractivity contribution in [2.45, 2.75) is 13.0 Å². The average molecular weight is 135 g/mol.